The standard InChI is InChI=1S/C8H13NO.Li/c1-9-6-2-3-7(9)5-8(10)4-6;/h4,6-7,10H,2-3,5H2,1H3;/q;+1/p-1. The van der Waals surface area contributed by atoms with E-state index in [-0.39, 0.29) is 18.9 Å². The van der Waals surface area contributed by atoms with E-state index in [9.17, 15) is 5.11 Å². The van der Waals surface area contributed by atoms with Gasteiger partial charge in [0, 0.05) is 12.1 Å². The van der Waals surface area contributed by atoms with E-state index < -0.39 is 0 Å². The molecular weight excluding hydrogens is 133 g/mol. The van der Waals surface area contributed by atoms with Crippen LogP contribution in [0.25, 0.3) is 0 Å². The van der Waals surface area contributed by atoms with Crippen LogP contribution in [0.2, 0.25) is 0 Å². The fraction of sp³-hybridized carbons (Fsp3) is 0.750. The van der Waals surface area contributed by atoms with Crippen molar-refractivity contribution >= 4 is 0 Å². The number of fused-ring (bicyclic) bond motifs is 2. The van der Waals surface area contributed by atoms with Gasteiger partial charge in [0.05, 0.1) is 0 Å². The Morgan fingerprint density at radius 3 is 2.91 bits per heavy atom. The minimum atomic E-state index is 0. The normalized spacial score (nSPS) is 36.3. The molecule has 11 heavy (non-hydrogen) atoms. The van der Waals surface area contributed by atoms with Gasteiger partial charge in [-0.2, -0.15) is 0 Å². The SMILES string of the molecule is CN1C2C=C([O-])CC1CC2.[Li+]. The van der Waals surface area contributed by atoms with Gasteiger partial charge in [0.2, 0.25) is 0 Å². The monoisotopic (exact) mass is 145 g/mol. The smallest absolute Gasteiger partial charge is 0.876 e. The summed E-state index contributed by atoms with van der Waals surface area (Å²) in [6.07, 6.45) is 5.03. The fourth-order valence-electron chi connectivity index (χ4n) is 2.00. The Morgan fingerprint density at radius 1 is 1.55 bits per heavy atom. The molecule has 2 atom stereocenters. The number of rotatable bonds is 0. The van der Waals surface area contributed by atoms with E-state index in [0.717, 1.165) is 6.42 Å². The van der Waals surface area contributed by atoms with Crippen molar-refractivity contribution in [3.8, 4) is 0 Å². The van der Waals surface area contributed by atoms with E-state index in [2.05, 4.69) is 11.9 Å². The second-order valence-corrected chi connectivity index (χ2v) is 3.30. The quantitative estimate of drug-likeness (QED) is 0.342. The van der Waals surface area contributed by atoms with E-state index in [1.54, 1.807) is 0 Å². The summed E-state index contributed by atoms with van der Waals surface area (Å²) < 4.78 is 0. The molecule has 0 spiro atoms. The molecule has 2 nitrogen and oxygen atoms in total. The van der Waals surface area contributed by atoms with E-state index in [4.69, 9.17) is 0 Å². The Morgan fingerprint density at radius 2 is 2.27 bits per heavy atom. The zero-order valence-electron chi connectivity index (χ0n) is 7.21. The van der Waals surface area contributed by atoms with Crippen molar-refractivity contribution in [3.05, 3.63) is 11.8 Å². The molecule has 0 amide bonds. The maximum atomic E-state index is 11.0. The first-order valence-electron chi connectivity index (χ1n) is 3.87. The third kappa shape index (κ3) is 1.49. The molecule has 1 saturated heterocycles. The van der Waals surface area contributed by atoms with Crippen LogP contribution in [-0.2, 0) is 0 Å². The largest absolute Gasteiger partial charge is 1.00 e. The van der Waals surface area contributed by atoms with Crippen LogP contribution in [0.4, 0.5) is 0 Å². The topological polar surface area (TPSA) is 26.3 Å². The summed E-state index contributed by atoms with van der Waals surface area (Å²) in [5, 5.41) is 11.0. The van der Waals surface area contributed by atoms with Gasteiger partial charge in [0.15, 0.2) is 0 Å². The molecule has 0 aromatic rings. The van der Waals surface area contributed by atoms with Crippen molar-refractivity contribution in [1.29, 1.82) is 0 Å². The molecule has 2 aliphatic rings. The number of likely N-dealkylation sites (N-methyl/N-ethyl adjacent to an activating group) is 1. The van der Waals surface area contributed by atoms with Crippen LogP contribution in [0.3, 0.4) is 0 Å². The van der Waals surface area contributed by atoms with Crippen molar-refractivity contribution in [1.82, 2.24) is 4.90 Å². The van der Waals surface area contributed by atoms with Crippen LogP contribution in [0.5, 0.6) is 0 Å². The number of nitrogens with zero attached hydrogens (tertiary/aromatic N) is 1. The molecule has 1 fully saturated rings. The van der Waals surface area contributed by atoms with Gasteiger partial charge in [-0.15, -0.1) is 5.76 Å². The van der Waals surface area contributed by atoms with Crippen LogP contribution in [0.15, 0.2) is 11.8 Å². The molecular formula is C8H12LiNO. The summed E-state index contributed by atoms with van der Waals surface area (Å²) in [4.78, 5) is 2.32. The van der Waals surface area contributed by atoms with E-state index >= 15 is 0 Å². The maximum absolute atomic E-state index is 11.0. The van der Waals surface area contributed by atoms with Gasteiger partial charge in [-0.1, -0.05) is 6.08 Å². The molecule has 0 aromatic heterocycles. The van der Waals surface area contributed by atoms with Crippen molar-refractivity contribution < 1.29 is 24.0 Å². The average Bonchev–Trinajstić information content (AvgIpc) is 2.20. The van der Waals surface area contributed by atoms with Crippen molar-refractivity contribution in [2.75, 3.05) is 7.05 Å². The molecule has 2 bridgehead atoms. The second kappa shape index (κ2) is 3.23. The van der Waals surface area contributed by atoms with Gasteiger partial charge >= 0.3 is 18.9 Å². The van der Waals surface area contributed by atoms with Gasteiger partial charge in [-0.25, -0.2) is 0 Å². The minimum Gasteiger partial charge on any atom is -0.876 e. The van der Waals surface area contributed by atoms with Crippen LogP contribution in [-0.4, -0.2) is 24.0 Å². The maximum Gasteiger partial charge on any atom is 1.00 e. The van der Waals surface area contributed by atoms with Crippen LogP contribution in [0.1, 0.15) is 19.3 Å². The number of hydrogen-bond donors (Lipinski definition) is 0. The van der Waals surface area contributed by atoms with Gasteiger partial charge in [-0.3, -0.25) is 4.90 Å². The predicted octanol–water partition coefficient (Wildman–Crippen LogP) is -2.90. The Balaban J connectivity index is 0.000000605. The molecule has 0 radical (unpaired) electrons. The van der Waals surface area contributed by atoms with Crippen molar-refractivity contribution in [2.45, 2.75) is 31.3 Å². The zero-order chi connectivity index (χ0) is 7.14. The third-order valence-corrected chi connectivity index (χ3v) is 2.71. The predicted molar refractivity (Wildman–Crippen MR) is 37.3 cm³/mol. The summed E-state index contributed by atoms with van der Waals surface area (Å²) >= 11 is 0. The molecule has 2 aliphatic heterocycles. The summed E-state index contributed by atoms with van der Waals surface area (Å²) in [5.41, 5.74) is 0. The molecule has 2 rings (SSSR count). The van der Waals surface area contributed by atoms with Crippen LogP contribution in [0, 0.1) is 0 Å². The molecule has 0 N–H and O–H groups in total. The van der Waals surface area contributed by atoms with E-state index in [0.29, 0.717) is 17.8 Å². The Labute approximate surface area is 79.4 Å². The van der Waals surface area contributed by atoms with Crippen molar-refractivity contribution in [3.63, 3.8) is 0 Å². The summed E-state index contributed by atoms with van der Waals surface area (Å²) in [6, 6.07) is 1.02. The average molecular weight is 145 g/mol. The molecule has 0 saturated carbocycles. The minimum absolute atomic E-state index is 0. The molecule has 56 valence electrons. The van der Waals surface area contributed by atoms with Gasteiger partial charge in [0.25, 0.3) is 0 Å². The Bertz CT molecular complexity index is 181. The zero-order valence-corrected chi connectivity index (χ0v) is 7.21. The third-order valence-electron chi connectivity index (χ3n) is 2.71. The molecule has 2 heterocycles. The summed E-state index contributed by atoms with van der Waals surface area (Å²) in [7, 11) is 2.12. The van der Waals surface area contributed by atoms with Gasteiger partial charge in [-0.05, 0) is 26.3 Å². The first kappa shape index (κ1) is 9.19. The van der Waals surface area contributed by atoms with Crippen LogP contribution >= 0.6 is 0 Å². The Kier molecular flexibility index (Phi) is 2.69. The molecule has 0 aliphatic carbocycles. The first-order valence-corrected chi connectivity index (χ1v) is 3.87. The summed E-state index contributed by atoms with van der Waals surface area (Å²) in [6.45, 7) is 0. The Hall–Kier alpha value is 0.0974. The van der Waals surface area contributed by atoms with Crippen molar-refractivity contribution in [2.24, 2.45) is 0 Å². The van der Waals surface area contributed by atoms with E-state index in [1.807, 2.05) is 6.08 Å². The fourth-order valence-corrected chi connectivity index (χ4v) is 2.00. The molecule has 0 aromatic carbocycles. The molecule has 3 heteroatoms. The first-order chi connectivity index (χ1) is 4.77. The van der Waals surface area contributed by atoms with Gasteiger partial charge < -0.3 is 5.11 Å². The number of hydrogen-bond acceptors (Lipinski definition) is 2. The molecule has 2 unspecified atom stereocenters. The van der Waals surface area contributed by atoms with E-state index in [1.165, 1.54) is 12.8 Å². The second-order valence-electron chi connectivity index (χ2n) is 3.30. The van der Waals surface area contributed by atoms with Crippen LogP contribution < -0.4 is 24.0 Å². The summed E-state index contributed by atoms with van der Waals surface area (Å²) in [5.74, 6) is 0.352. The van der Waals surface area contributed by atoms with Gasteiger partial charge in [0.1, 0.15) is 0 Å².